The first-order valence-corrected chi connectivity index (χ1v) is 5.78. The Bertz CT molecular complexity index is 240. The van der Waals surface area contributed by atoms with E-state index in [0.717, 1.165) is 21.8 Å². The maximum Gasteiger partial charge on any atom is 0.237 e. The molecule has 0 saturated carbocycles. The zero-order valence-electron chi connectivity index (χ0n) is 6.06. The predicted octanol–water partition coefficient (Wildman–Crippen LogP) is 2.30. The van der Waals surface area contributed by atoms with Crippen molar-refractivity contribution in [2.45, 2.75) is 11.8 Å². The van der Waals surface area contributed by atoms with Gasteiger partial charge in [0.15, 0.2) is 0 Å². The molecule has 0 bridgehead atoms. The second-order valence-electron chi connectivity index (χ2n) is 2.11. The summed E-state index contributed by atoms with van der Waals surface area (Å²) in [5.74, 6) is 0. The van der Waals surface area contributed by atoms with Crippen molar-refractivity contribution in [2.24, 2.45) is 0 Å². The molecule has 0 heterocycles. The number of benzene rings is 1. The van der Waals surface area contributed by atoms with Crippen molar-refractivity contribution in [3.63, 3.8) is 0 Å². The number of rotatable bonds is 2. The Morgan fingerprint density at radius 2 is 1.91 bits per heavy atom. The molecule has 0 fully saturated rings. The average Bonchev–Trinajstić information content (AvgIpc) is 1.93. The van der Waals surface area contributed by atoms with Gasteiger partial charge in [-0.25, -0.2) is 0 Å². The zero-order valence-corrected chi connectivity index (χ0v) is 7.77. The van der Waals surface area contributed by atoms with E-state index >= 15 is 0 Å². The molecule has 0 atom stereocenters. The highest BCUT2D eigenvalue weighted by molar-refractivity contribution is 8.52. The van der Waals surface area contributed by atoms with Crippen LogP contribution in [0.2, 0.25) is 0 Å². The molecule has 2 N–H and O–H groups in total. The van der Waals surface area contributed by atoms with Crippen LogP contribution in [0.5, 0.6) is 0 Å². The molecule has 2 nitrogen and oxygen atoms in total. The fourth-order valence-corrected chi connectivity index (χ4v) is 2.42. The van der Waals surface area contributed by atoms with Crippen LogP contribution in [-0.4, -0.2) is 9.79 Å². The third-order valence-corrected chi connectivity index (χ3v) is 3.17. The summed E-state index contributed by atoms with van der Waals surface area (Å²) in [6.07, 6.45) is 0. The van der Waals surface area contributed by atoms with E-state index in [1.165, 1.54) is 0 Å². The molecule has 0 aliphatic rings. The molecular weight excluding hydrogens is 179 g/mol. The van der Waals surface area contributed by atoms with Crippen LogP contribution in [0, 0.1) is 6.92 Å². The molecule has 60 valence electrons. The molecule has 0 spiro atoms. The summed E-state index contributed by atoms with van der Waals surface area (Å²) >= 11 is 1.10. The van der Waals surface area contributed by atoms with Crippen LogP contribution in [0.4, 0.5) is 0 Å². The lowest BCUT2D eigenvalue weighted by molar-refractivity contribution is 0.505. The van der Waals surface area contributed by atoms with Crippen molar-refractivity contribution < 1.29 is 9.79 Å². The molecule has 1 rings (SSSR count). The number of hydrogen-bond acceptors (Lipinski definition) is 3. The van der Waals surface area contributed by atoms with Gasteiger partial charge in [0.2, 0.25) is 7.58 Å². The topological polar surface area (TPSA) is 40.5 Å². The third-order valence-electron chi connectivity index (χ3n) is 1.27. The average molecular weight is 188 g/mol. The summed E-state index contributed by atoms with van der Waals surface area (Å²) in [5, 5.41) is 0. The Morgan fingerprint density at radius 3 is 2.45 bits per heavy atom. The van der Waals surface area contributed by atoms with Crippen LogP contribution in [0.3, 0.4) is 0 Å². The van der Waals surface area contributed by atoms with Gasteiger partial charge in [0, 0.05) is 4.90 Å². The van der Waals surface area contributed by atoms with Crippen LogP contribution >= 0.6 is 19.0 Å². The molecule has 1 aromatic rings. The molecule has 0 unspecified atom stereocenters. The highest BCUT2D eigenvalue weighted by atomic mass is 32.7. The Morgan fingerprint density at radius 1 is 1.27 bits per heavy atom. The Labute approximate surface area is 70.9 Å². The second kappa shape index (κ2) is 4.07. The normalized spacial score (nSPS) is 10.5. The molecule has 0 aromatic heterocycles. The van der Waals surface area contributed by atoms with Crippen LogP contribution in [0.15, 0.2) is 29.2 Å². The van der Waals surface area contributed by atoms with E-state index in [9.17, 15) is 0 Å². The van der Waals surface area contributed by atoms with Crippen molar-refractivity contribution in [2.75, 3.05) is 0 Å². The lowest BCUT2D eigenvalue weighted by atomic mass is 10.2. The van der Waals surface area contributed by atoms with E-state index in [1.54, 1.807) is 0 Å². The van der Waals surface area contributed by atoms with Gasteiger partial charge in [-0.05, 0) is 29.9 Å². The smallest absolute Gasteiger partial charge is 0.237 e. The first-order chi connectivity index (χ1) is 5.20. The van der Waals surface area contributed by atoms with E-state index in [4.69, 9.17) is 9.79 Å². The monoisotopic (exact) mass is 188 g/mol. The summed E-state index contributed by atoms with van der Waals surface area (Å²) in [6.45, 7) is 1.95. The summed E-state index contributed by atoms with van der Waals surface area (Å²) in [7, 11) is -1.88. The largest absolute Gasteiger partial charge is 0.342 e. The Kier molecular flexibility index (Phi) is 3.34. The SMILES string of the molecule is Cc1ccccc1SP(O)O. The van der Waals surface area contributed by atoms with Crippen LogP contribution in [-0.2, 0) is 0 Å². The van der Waals surface area contributed by atoms with E-state index in [0.29, 0.717) is 0 Å². The van der Waals surface area contributed by atoms with Crippen molar-refractivity contribution in [3.05, 3.63) is 29.8 Å². The minimum atomic E-state index is -1.88. The molecule has 0 radical (unpaired) electrons. The lowest BCUT2D eigenvalue weighted by Gasteiger charge is -2.03. The van der Waals surface area contributed by atoms with Gasteiger partial charge < -0.3 is 9.79 Å². The van der Waals surface area contributed by atoms with E-state index in [2.05, 4.69) is 0 Å². The van der Waals surface area contributed by atoms with E-state index < -0.39 is 7.58 Å². The fraction of sp³-hybridized carbons (Fsp3) is 0.143. The maximum absolute atomic E-state index is 8.71. The Hall–Kier alpha value is -0.0800. The van der Waals surface area contributed by atoms with Gasteiger partial charge in [-0.2, -0.15) is 0 Å². The molecule has 4 heteroatoms. The quantitative estimate of drug-likeness (QED) is 0.699. The number of aryl methyl sites for hydroxylation is 1. The minimum Gasteiger partial charge on any atom is -0.342 e. The Balaban J connectivity index is 2.78. The summed E-state index contributed by atoms with van der Waals surface area (Å²) in [6, 6.07) is 7.63. The first-order valence-electron chi connectivity index (χ1n) is 3.11. The molecule has 0 aliphatic carbocycles. The van der Waals surface area contributed by atoms with Gasteiger partial charge in [0.05, 0.1) is 0 Å². The molecule has 0 aliphatic heterocycles. The summed E-state index contributed by atoms with van der Waals surface area (Å²) in [5.41, 5.74) is 1.08. The molecule has 0 amide bonds. The second-order valence-corrected chi connectivity index (χ2v) is 4.76. The maximum atomic E-state index is 8.71. The standard InChI is InChI=1S/C7H9O2PS/c1-6-4-2-3-5-7(6)11-10(8)9/h2-5,8-9H,1H3. The van der Waals surface area contributed by atoms with Gasteiger partial charge >= 0.3 is 0 Å². The molecule has 11 heavy (non-hydrogen) atoms. The van der Waals surface area contributed by atoms with Crippen LogP contribution < -0.4 is 0 Å². The van der Waals surface area contributed by atoms with Gasteiger partial charge in [-0.3, -0.25) is 0 Å². The molecule has 0 saturated heterocycles. The van der Waals surface area contributed by atoms with Gasteiger partial charge in [-0.1, -0.05) is 18.2 Å². The third kappa shape index (κ3) is 2.80. The van der Waals surface area contributed by atoms with Crippen LogP contribution in [0.1, 0.15) is 5.56 Å². The van der Waals surface area contributed by atoms with Crippen molar-refractivity contribution in [1.29, 1.82) is 0 Å². The summed E-state index contributed by atoms with van der Waals surface area (Å²) in [4.78, 5) is 18.4. The highest BCUT2D eigenvalue weighted by Crippen LogP contribution is 2.47. The van der Waals surface area contributed by atoms with E-state index in [1.807, 2.05) is 31.2 Å². The first kappa shape index (κ1) is 9.01. The predicted molar refractivity (Wildman–Crippen MR) is 48.4 cm³/mol. The van der Waals surface area contributed by atoms with Crippen LogP contribution in [0.25, 0.3) is 0 Å². The zero-order chi connectivity index (χ0) is 8.27. The number of hydrogen-bond donors (Lipinski definition) is 2. The lowest BCUT2D eigenvalue weighted by Crippen LogP contribution is -1.75. The van der Waals surface area contributed by atoms with Gasteiger partial charge in [-0.15, -0.1) is 0 Å². The molecule has 1 aromatic carbocycles. The van der Waals surface area contributed by atoms with Gasteiger partial charge in [0.1, 0.15) is 0 Å². The van der Waals surface area contributed by atoms with Gasteiger partial charge in [0.25, 0.3) is 0 Å². The van der Waals surface area contributed by atoms with Crippen molar-refractivity contribution in [1.82, 2.24) is 0 Å². The molecular formula is C7H9O2PS. The van der Waals surface area contributed by atoms with E-state index in [-0.39, 0.29) is 0 Å². The fourth-order valence-electron chi connectivity index (χ4n) is 0.747. The summed E-state index contributed by atoms with van der Waals surface area (Å²) < 4.78 is 0. The van der Waals surface area contributed by atoms with Crippen molar-refractivity contribution in [3.8, 4) is 0 Å². The highest BCUT2D eigenvalue weighted by Gasteiger charge is 2.03. The van der Waals surface area contributed by atoms with Crippen molar-refractivity contribution >= 4 is 19.0 Å². The minimum absolute atomic E-state index is 0.934.